The fraction of sp³-hybridized carbons (Fsp3) is 0.600. The van der Waals surface area contributed by atoms with Crippen molar-refractivity contribution in [2.24, 2.45) is 0 Å². The third kappa shape index (κ3) is 3.66. The minimum Gasteiger partial charge on any atom is -0.316 e. The SMILES string of the molecule is CNC(C)C(C)S(=O)c1ccc(C(C)(C)C)cc1. The summed E-state index contributed by atoms with van der Waals surface area (Å²) >= 11 is 0. The zero-order chi connectivity index (χ0) is 13.9. The van der Waals surface area contributed by atoms with E-state index in [9.17, 15) is 4.21 Å². The van der Waals surface area contributed by atoms with Crippen LogP contribution in [0.5, 0.6) is 0 Å². The summed E-state index contributed by atoms with van der Waals surface area (Å²) < 4.78 is 12.4. The van der Waals surface area contributed by atoms with Gasteiger partial charge in [-0.05, 0) is 44.0 Å². The van der Waals surface area contributed by atoms with Gasteiger partial charge in [-0.15, -0.1) is 0 Å². The molecule has 0 aromatic heterocycles. The highest BCUT2D eigenvalue weighted by Gasteiger charge is 2.20. The van der Waals surface area contributed by atoms with Crippen molar-refractivity contribution < 1.29 is 4.21 Å². The van der Waals surface area contributed by atoms with Gasteiger partial charge in [0.15, 0.2) is 0 Å². The van der Waals surface area contributed by atoms with E-state index >= 15 is 0 Å². The minimum atomic E-state index is -0.956. The zero-order valence-electron chi connectivity index (χ0n) is 12.3. The van der Waals surface area contributed by atoms with Crippen molar-refractivity contribution in [2.45, 2.75) is 56.2 Å². The predicted molar refractivity (Wildman–Crippen MR) is 79.5 cm³/mol. The highest BCUT2D eigenvalue weighted by molar-refractivity contribution is 7.85. The third-order valence-electron chi connectivity index (χ3n) is 3.45. The molecule has 18 heavy (non-hydrogen) atoms. The lowest BCUT2D eigenvalue weighted by molar-refractivity contribution is 0.582. The van der Waals surface area contributed by atoms with Crippen LogP contribution in [-0.2, 0) is 16.2 Å². The first kappa shape index (κ1) is 15.4. The Morgan fingerprint density at radius 3 is 2.00 bits per heavy atom. The van der Waals surface area contributed by atoms with Crippen molar-refractivity contribution in [1.29, 1.82) is 0 Å². The first-order chi connectivity index (χ1) is 8.27. The van der Waals surface area contributed by atoms with Crippen LogP contribution in [0.25, 0.3) is 0 Å². The molecule has 0 bridgehead atoms. The monoisotopic (exact) mass is 267 g/mol. The van der Waals surface area contributed by atoms with Gasteiger partial charge in [-0.3, -0.25) is 4.21 Å². The van der Waals surface area contributed by atoms with Crippen molar-refractivity contribution >= 4 is 10.8 Å². The smallest absolute Gasteiger partial charge is 0.0573 e. The molecule has 3 heteroatoms. The van der Waals surface area contributed by atoms with Crippen molar-refractivity contribution in [3.63, 3.8) is 0 Å². The van der Waals surface area contributed by atoms with Crippen LogP contribution in [0.1, 0.15) is 40.2 Å². The molecule has 0 aliphatic heterocycles. The van der Waals surface area contributed by atoms with E-state index < -0.39 is 10.8 Å². The first-order valence-electron chi connectivity index (χ1n) is 6.45. The predicted octanol–water partition coefficient (Wildman–Crippen LogP) is 3.09. The summed E-state index contributed by atoms with van der Waals surface area (Å²) in [4.78, 5) is 0.914. The van der Waals surface area contributed by atoms with Crippen LogP contribution in [0.15, 0.2) is 29.2 Å². The van der Waals surface area contributed by atoms with Gasteiger partial charge < -0.3 is 5.32 Å². The number of rotatable bonds is 4. The van der Waals surface area contributed by atoms with Crippen LogP contribution in [0.4, 0.5) is 0 Å². The third-order valence-corrected chi connectivity index (χ3v) is 5.27. The molecule has 0 heterocycles. The van der Waals surface area contributed by atoms with Crippen LogP contribution in [0, 0.1) is 0 Å². The Kier molecular flexibility index (Phi) is 5.11. The molecule has 0 amide bonds. The van der Waals surface area contributed by atoms with Gasteiger partial charge in [-0.1, -0.05) is 32.9 Å². The van der Waals surface area contributed by atoms with E-state index in [2.05, 4.69) is 45.1 Å². The van der Waals surface area contributed by atoms with E-state index in [0.29, 0.717) is 0 Å². The summed E-state index contributed by atoms with van der Waals surface area (Å²) in [5.74, 6) is 0. The largest absolute Gasteiger partial charge is 0.316 e. The maximum absolute atomic E-state index is 12.4. The van der Waals surface area contributed by atoms with Crippen LogP contribution in [0.3, 0.4) is 0 Å². The summed E-state index contributed by atoms with van der Waals surface area (Å²) in [5.41, 5.74) is 1.42. The van der Waals surface area contributed by atoms with Crippen LogP contribution < -0.4 is 5.32 Å². The normalized spacial score (nSPS) is 17.2. The summed E-state index contributed by atoms with van der Waals surface area (Å²) in [6, 6.07) is 8.41. The molecule has 3 atom stereocenters. The number of hydrogen-bond acceptors (Lipinski definition) is 2. The van der Waals surface area contributed by atoms with Crippen molar-refractivity contribution in [2.75, 3.05) is 7.05 Å². The molecule has 1 aromatic rings. The number of benzene rings is 1. The molecule has 102 valence electrons. The van der Waals surface area contributed by atoms with Crippen molar-refractivity contribution in [3.8, 4) is 0 Å². The average Bonchev–Trinajstić information content (AvgIpc) is 2.35. The fourth-order valence-electron chi connectivity index (χ4n) is 1.72. The Morgan fingerprint density at radius 1 is 1.11 bits per heavy atom. The Morgan fingerprint density at radius 2 is 1.61 bits per heavy atom. The fourth-order valence-corrected chi connectivity index (χ4v) is 3.06. The van der Waals surface area contributed by atoms with Crippen molar-refractivity contribution in [1.82, 2.24) is 5.32 Å². The molecule has 1 aromatic carbocycles. The minimum absolute atomic E-state index is 0.107. The van der Waals surface area contributed by atoms with E-state index in [1.807, 2.05) is 26.1 Å². The van der Waals surface area contributed by atoms with Gasteiger partial charge in [0.2, 0.25) is 0 Å². The van der Waals surface area contributed by atoms with Gasteiger partial charge in [0.1, 0.15) is 0 Å². The molecule has 1 rings (SSSR count). The molecule has 0 radical (unpaired) electrons. The van der Waals surface area contributed by atoms with Crippen LogP contribution in [0.2, 0.25) is 0 Å². The second-order valence-electron chi connectivity index (χ2n) is 5.85. The maximum Gasteiger partial charge on any atom is 0.0573 e. The number of nitrogens with one attached hydrogen (secondary N) is 1. The molecular formula is C15H25NOS. The lowest BCUT2D eigenvalue weighted by Gasteiger charge is -2.21. The van der Waals surface area contributed by atoms with E-state index in [0.717, 1.165) is 4.90 Å². The van der Waals surface area contributed by atoms with Crippen LogP contribution in [-0.4, -0.2) is 22.5 Å². The quantitative estimate of drug-likeness (QED) is 0.908. The van der Waals surface area contributed by atoms with Gasteiger partial charge in [-0.2, -0.15) is 0 Å². The van der Waals surface area contributed by atoms with Gasteiger partial charge in [0.25, 0.3) is 0 Å². The highest BCUT2D eigenvalue weighted by Crippen LogP contribution is 2.23. The Balaban J connectivity index is 2.89. The molecule has 3 unspecified atom stereocenters. The first-order valence-corrected chi connectivity index (χ1v) is 7.67. The summed E-state index contributed by atoms with van der Waals surface area (Å²) in [6.07, 6.45) is 0. The molecule has 0 saturated heterocycles. The maximum atomic E-state index is 12.4. The van der Waals surface area contributed by atoms with E-state index in [1.54, 1.807) is 0 Å². The van der Waals surface area contributed by atoms with Gasteiger partial charge in [0.05, 0.1) is 16.0 Å². The Labute approximate surface area is 114 Å². The van der Waals surface area contributed by atoms with Gasteiger partial charge >= 0.3 is 0 Å². The molecule has 0 aliphatic carbocycles. The molecule has 0 saturated carbocycles. The molecule has 2 nitrogen and oxygen atoms in total. The molecule has 0 spiro atoms. The second kappa shape index (κ2) is 5.98. The van der Waals surface area contributed by atoms with Crippen molar-refractivity contribution in [3.05, 3.63) is 29.8 Å². The molecule has 0 fully saturated rings. The summed E-state index contributed by atoms with van der Waals surface area (Å²) in [6.45, 7) is 10.6. The standard InChI is InChI=1S/C15H25NOS/c1-11(16-6)12(2)18(17)14-9-7-13(8-10-14)15(3,4)5/h7-12,16H,1-6H3. The Bertz CT molecular complexity index is 405. The Hall–Kier alpha value is -0.670. The second-order valence-corrected chi connectivity index (χ2v) is 7.66. The summed E-state index contributed by atoms with van der Waals surface area (Å²) in [7, 11) is 0.948. The van der Waals surface area contributed by atoms with Gasteiger partial charge in [0, 0.05) is 10.9 Å². The number of hydrogen-bond donors (Lipinski definition) is 1. The molecular weight excluding hydrogens is 242 g/mol. The topological polar surface area (TPSA) is 29.1 Å². The molecule has 1 N–H and O–H groups in total. The molecule has 0 aliphatic rings. The van der Waals surface area contributed by atoms with Crippen LogP contribution >= 0.6 is 0 Å². The van der Waals surface area contributed by atoms with E-state index in [-0.39, 0.29) is 16.7 Å². The lowest BCUT2D eigenvalue weighted by Crippen LogP contribution is -2.35. The average molecular weight is 267 g/mol. The highest BCUT2D eigenvalue weighted by atomic mass is 32.2. The van der Waals surface area contributed by atoms with E-state index in [1.165, 1.54) is 5.56 Å². The summed E-state index contributed by atoms with van der Waals surface area (Å²) in [5, 5.41) is 3.26. The zero-order valence-corrected chi connectivity index (χ0v) is 13.1. The lowest BCUT2D eigenvalue weighted by atomic mass is 9.87. The van der Waals surface area contributed by atoms with Gasteiger partial charge in [-0.25, -0.2) is 0 Å². The van der Waals surface area contributed by atoms with E-state index in [4.69, 9.17) is 0 Å².